The van der Waals surface area contributed by atoms with Crippen LogP contribution in [0.5, 0.6) is 0 Å². The molecular formula is C19H23N5O3S. The van der Waals surface area contributed by atoms with Crippen LogP contribution in [0.4, 0.5) is 11.1 Å². The Labute approximate surface area is 166 Å². The number of nitrogens with one attached hydrogen (secondary N) is 2. The third-order valence-electron chi connectivity index (χ3n) is 4.91. The van der Waals surface area contributed by atoms with Crippen LogP contribution in [-0.2, 0) is 24.7 Å². The number of imidazole rings is 1. The molecule has 1 amide bonds. The van der Waals surface area contributed by atoms with E-state index in [1.54, 1.807) is 23.5 Å². The summed E-state index contributed by atoms with van der Waals surface area (Å²) in [6.07, 6.45) is 3.32. The molecule has 1 aromatic carbocycles. The molecule has 3 N–H and O–H groups in total. The molecule has 0 spiro atoms. The lowest BCUT2D eigenvalue weighted by Gasteiger charge is -2.15. The first-order chi connectivity index (χ1) is 13.5. The predicted molar refractivity (Wildman–Crippen MR) is 108 cm³/mol. The summed E-state index contributed by atoms with van der Waals surface area (Å²) in [5.74, 6) is 1.02. The molecule has 8 nitrogen and oxygen atoms in total. The van der Waals surface area contributed by atoms with Gasteiger partial charge in [0, 0.05) is 17.5 Å². The van der Waals surface area contributed by atoms with Crippen molar-refractivity contribution in [2.75, 3.05) is 18.5 Å². The zero-order valence-electron chi connectivity index (χ0n) is 15.9. The van der Waals surface area contributed by atoms with Crippen molar-refractivity contribution >= 4 is 39.4 Å². The summed E-state index contributed by atoms with van der Waals surface area (Å²) in [7, 11) is 1.93. The van der Waals surface area contributed by atoms with Gasteiger partial charge in [-0.25, -0.2) is 15.4 Å². The second-order valence-electron chi connectivity index (χ2n) is 7.06. The number of thiazole rings is 1. The van der Waals surface area contributed by atoms with Crippen molar-refractivity contribution in [3.05, 3.63) is 34.3 Å². The number of amides is 1. The van der Waals surface area contributed by atoms with Gasteiger partial charge >= 0.3 is 0 Å². The number of rotatable bonds is 6. The van der Waals surface area contributed by atoms with Crippen molar-refractivity contribution in [3.63, 3.8) is 0 Å². The minimum atomic E-state index is -0.378. The number of aliphatic hydroxyl groups excluding tert-OH is 1. The van der Waals surface area contributed by atoms with Crippen LogP contribution in [0.3, 0.4) is 0 Å². The van der Waals surface area contributed by atoms with E-state index in [1.807, 2.05) is 17.7 Å². The molecule has 9 heteroatoms. The monoisotopic (exact) mass is 401 g/mol. The van der Waals surface area contributed by atoms with E-state index in [4.69, 9.17) is 14.9 Å². The standard InChI is InChI=1S/C19H23N5O3S/c1-11-3-5-13-16(9-11)28-19(21-13)22-18-20-14-10-12(4-6-15(14)24(18)2)17(26)23-27-8-7-25/h4,6,10-11,25H,3,5,7-9H2,1-2H3,(H,23,26)(H,20,21,22). The van der Waals surface area contributed by atoms with E-state index in [0.29, 0.717) is 22.9 Å². The van der Waals surface area contributed by atoms with Crippen LogP contribution in [0.15, 0.2) is 18.2 Å². The Morgan fingerprint density at radius 3 is 3.11 bits per heavy atom. The van der Waals surface area contributed by atoms with Crippen LogP contribution in [0.1, 0.15) is 34.3 Å². The Bertz CT molecular complexity index is 1010. The quantitative estimate of drug-likeness (QED) is 0.433. The number of nitrogens with zero attached hydrogens (tertiary/aromatic N) is 3. The van der Waals surface area contributed by atoms with Crippen LogP contribution in [0.25, 0.3) is 11.0 Å². The molecule has 0 fully saturated rings. The fourth-order valence-corrected chi connectivity index (χ4v) is 4.53. The lowest BCUT2D eigenvalue weighted by atomic mass is 9.93. The van der Waals surface area contributed by atoms with E-state index >= 15 is 0 Å². The highest BCUT2D eigenvalue weighted by molar-refractivity contribution is 7.15. The zero-order valence-corrected chi connectivity index (χ0v) is 16.7. The van der Waals surface area contributed by atoms with Crippen LogP contribution >= 0.6 is 11.3 Å². The Balaban J connectivity index is 1.55. The number of anilines is 2. The number of aliphatic hydroxyl groups is 1. The first kappa shape index (κ1) is 18.9. The highest BCUT2D eigenvalue weighted by Gasteiger charge is 2.20. The first-order valence-corrected chi connectivity index (χ1v) is 10.1. The summed E-state index contributed by atoms with van der Waals surface area (Å²) in [6.45, 7) is 2.17. The summed E-state index contributed by atoms with van der Waals surface area (Å²) >= 11 is 1.70. The maximum absolute atomic E-state index is 12.1. The third-order valence-corrected chi connectivity index (χ3v) is 5.94. The van der Waals surface area contributed by atoms with Crippen molar-refractivity contribution in [2.45, 2.75) is 26.2 Å². The molecule has 4 rings (SSSR count). The molecule has 28 heavy (non-hydrogen) atoms. The number of fused-ring (bicyclic) bond motifs is 2. The summed E-state index contributed by atoms with van der Waals surface area (Å²) in [5.41, 5.74) is 5.55. The number of benzene rings is 1. The molecule has 0 aliphatic heterocycles. The molecular weight excluding hydrogens is 378 g/mol. The van der Waals surface area contributed by atoms with E-state index in [2.05, 4.69) is 22.7 Å². The molecule has 3 aromatic rings. The highest BCUT2D eigenvalue weighted by Crippen LogP contribution is 2.33. The Hall–Kier alpha value is -2.49. The zero-order chi connectivity index (χ0) is 19.7. The summed E-state index contributed by atoms with van der Waals surface area (Å²) in [6, 6.07) is 5.28. The van der Waals surface area contributed by atoms with Crippen molar-refractivity contribution in [1.82, 2.24) is 20.0 Å². The van der Waals surface area contributed by atoms with Crippen LogP contribution in [0.2, 0.25) is 0 Å². The van der Waals surface area contributed by atoms with Gasteiger partial charge in [-0.2, -0.15) is 0 Å². The molecule has 1 aliphatic rings. The van der Waals surface area contributed by atoms with Gasteiger partial charge in [0.1, 0.15) is 0 Å². The van der Waals surface area contributed by atoms with Crippen LogP contribution in [-0.4, -0.2) is 38.8 Å². The van der Waals surface area contributed by atoms with Gasteiger partial charge < -0.3 is 15.0 Å². The van der Waals surface area contributed by atoms with Crippen LogP contribution < -0.4 is 10.8 Å². The molecule has 148 valence electrons. The first-order valence-electron chi connectivity index (χ1n) is 9.30. The number of hydrogen-bond acceptors (Lipinski definition) is 7. The minimum absolute atomic E-state index is 0.0439. The average molecular weight is 401 g/mol. The Morgan fingerprint density at radius 2 is 2.29 bits per heavy atom. The Morgan fingerprint density at radius 1 is 1.43 bits per heavy atom. The lowest BCUT2D eigenvalue weighted by molar-refractivity contribution is 0.0168. The van der Waals surface area contributed by atoms with Gasteiger partial charge in [0.2, 0.25) is 5.95 Å². The largest absolute Gasteiger partial charge is 0.394 e. The fraction of sp³-hybridized carbons (Fsp3) is 0.421. The maximum Gasteiger partial charge on any atom is 0.274 e. The molecule has 1 aliphatic carbocycles. The van der Waals surface area contributed by atoms with Crippen molar-refractivity contribution in [3.8, 4) is 0 Å². The SMILES string of the molecule is CC1CCc2nc(Nc3nc4cc(C(=O)NOCCO)ccc4n3C)sc2C1. The summed E-state index contributed by atoms with van der Waals surface area (Å²) in [4.78, 5) is 27.7. The molecule has 0 bridgehead atoms. The molecule has 1 unspecified atom stereocenters. The number of hydroxylamine groups is 1. The molecule has 2 heterocycles. The van der Waals surface area contributed by atoms with Gasteiger partial charge in [-0.1, -0.05) is 6.92 Å². The number of aromatic nitrogens is 3. The fourth-order valence-electron chi connectivity index (χ4n) is 3.36. The van der Waals surface area contributed by atoms with Gasteiger partial charge in [0.15, 0.2) is 5.13 Å². The number of carbonyl (C=O) groups is 1. The maximum atomic E-state index is 12.1. The minimum Gasteiger partial charge on any atom is -0.394 e. The van der Waals surface area contributed by atoms with Gasteiger partial charge in [0.05, 0.1) is 29.9 Å². The van der Waals surface area contributed by atoms with Gasteiger partial charge in [-0.15, -0.1) is 11.3 Å². The van der Waals surface area contributed by atoms with E-state index in [-0.39, 0.29) is 19.1 Å². The van der Waals surface area contributed by atoms with Crippen LogP contribution in [0, 0.1) is 5.92 Å². The molecule has 0 saturated carbocycles. The molecule has 2 aromatic heterocycles. The highest BCUT2D eigenvalue weighted by atomic mass is 32.1. The molecule has 1 atom stereocenters. The van der Waals surface area contributed by atoms with Crippen molar-refractivity contribution in [2.24, 2.45) is 13.0 Å². The summed E-state index contributed by atoms with van der Waals surface area (Å²) < 4.78 is 1.95. The Kier molecular flexibility index (Phi) is 5.29. The van der Waals surface area contributed by atoms with Gasteiger partial charge in [-0.05, 0) is 43.4 Å². The molecule has 0 saturated heterocycles. The molecule has 0 radical (unpaired) electrons. The summed E-state index contributed by atoms with van der Waals surface area (Å²) in [5, 5.41) is 12.9. The normalized spacial score (nSPS) is 16.2. The number of hydrogen-bond donors (Lipinski definition) is 3. The average Bonchev–Trinajstić information content (AvgIpc) is 3.21. The van der Waals surface area contributed by atoms with Gasteiger partial charge in [-0.3, -0.25) is 9.63 Å². The number of carbonyl (C=O) groups excluding carboxylic acids is 1. The van der Waals surface area contributed by atoms with Crippen molar-refractivity contribution in [1.29, 1.82) is 0 Å². The topological polar surface area (TPSA) is 101 Å². The second kappa shape index (κ2) is 7.86. The third kappa shape index (κ3) is 3.73. The van der Waals surface area contributed by atoms with E-state index < -0.39 is 0 Å². The van der Waals surface area contributed by atoms with Gasteiger partial charge in [0.25, 0.3) is 5.91 Å². The number of aryl methyl sites for hydroxylation is 2. The van der Waals surface area contributed by atoms with Crippen molar-refractivity contribution < 1.29 is 14.7 Å². The smallest absolute Gasteiger partial charge is 0.274 e. The van der Waals surface area contributed by atoms with E-state index in [1.165, 1.54) is 17.0 Å². The lowest BCUT2D eigenvalue weighted by Crippen LogP contribution is -2.25. The van der Waals surface area contributed by atoms with E-state index in [9.17, 15) is 4.79 Å². The second-order valence-corrected chi connectivity index (χ2v) is 8.15. The predicted octanol–water partition coefficient (Wildman–Crippen LogP) is 2.55. The van der Waals surface area contributed by atoms with E-state index in [0.717, 1.165) is 23.5 Å².